The Labute approximate surface area is 181 Å². The summed E-state index contributed by atoms with van der Waals surface area (Å²) in [6.45, 7) is 2.78. The highest BCUT2D eigenvalue weighted by Crippen LogP contribution is 2.27. The summed E-state index contributed by atoms with van der Waals surface area (Å²) in [6, 6.07) is 15.5. The van der Waals surface area contributed by atoms with Gasteiger partial charge >= 0.3 is 11.9 Å². The van der Waals surface area contributed by atoms with Crippen LogP contribution < -0.4 is 4.74 Å². The van der Waals surface area contributed by atoms with Crippen LogP contribution in [0.3, 0.4) is 0 Å². The van der Waals surface area contributed by atoms with Gasteiger partial charge in [0.15, 0.2) is 0 Å². The summed E-state index contributed by atoms with van der Waals surface area (Å²) in [6.07, 6.45) is 2.96. The average Bonchev–Trinajstić information content (AvgIpc) is 3.14. The summed E-state index contributed by atoms with van der Waals surface area (Å²) >= 11 is 0. The molecule has 0 saturated carbocycles. The van der Waals surface area contributed by atoms with Gasteiger partial charge in [-0.05, 0) is 38.3 Å². The molecule has 1 aromatic heterocycles. The number of ether oxygens (including phenoxy) is 3. The summed E-state index contributed by atoms with van der Waals surface area (Å²) in [7, 11) is 1.40. The Morgan fingerprint density at radius 2 is 1.81 bits per heavy atom. The van der Waals surface area contributed by atoms with E-state index in [-0.39, 0.29) is 18.5 Å². The van der Waals surface area contributed by atoms with Gasteiger partial charge in [-0.2, -0.15) is 0 Å². The fraction of sp³-hybridized carbons (Fsp3) is 0.375. The van der Waals surface area contributed by atoms with E-state index in [1.165, 1.54) is 7.11 Å². The van der Waals surface area contributed by atoms with Gasteiger partial charge in [0, 0.05) is 18.1 Å². The second kappa shape index (κ2) is 11.2. The van der Waals surface area contributed by atoms with Crippen molar-refractivity contribution < 1.29 is 23.8 Å². The predicted octanol–water partition coefficient (Wildman–Crippen LogP) is 4.38. The van der Waals surface area contributed by atoms with Crippen LogP contribution >= 0.6 is 0 Å². The second-order valence-electron chi connectivity index (χ2n) is 7.08. The van der Waals surface area contributed by atoms with E-state index in [1.54, 1.807) is 6.92 Å². The Morgan fingerprint density at radius 3 is 2.55 bits per heavy atom. The number of fused-ring (bicyclic) bond motifs is 1. The third kappa shape index (κ3) is 6.07. The van der Waals surface area contributed by atoms with Crippen LogP contribution in [0.15, 0.2) is 48.5 Å². The first-order chi connectivity index (χ1) is 15.1. The molecule has 0 amide bonds. The molecule has 0 saturated heterocycles. The maximum absolute atomic E-state index is 12.2. The molecule has 1 heterocycles. The normalized spacial score (nSPS) is 10.8. The summed E-state index contributed by atoms with van der Waals surface area (Å²) in [5.74, 6) is 0.953. The molecule has 0 fully saturated rings. The van der Waals surface area contributed by atoms with Crippen LogP contribution in [0.4, 0.5) is 0 Å². The third-order valence-electron chi connectivity index (χ3n) is 4.87. The smallest absolute Gasteiger partial charge is 0.326 e. The number of hydrogen-bond donors (Lipinski definition) is 0. The molecule has 0 aliphatic rings. The number of methoxy groups -OCH3 is 1. The van der Waals surface area contributed by atoms with Crippen molar-refractivity contribution >= 4 is 23.0 Å². The molecule has 0 aliphatic heterocycles. The Kier molecular flexibility index (Phi) is 8.04. The average molecular weight is 424 g/mol. The van der Waals surface area contributed by atoms with Gasteiger partial charge in [0.2, 0.25) is 0 Å². The Hall–Kier alpha value is -3.35. The van der Waals surface area contributed by atoms with E-state index in [1.807, 2.05) is 53.1 Å². The lowest BCUT2D eigenvalue weighted by Crippen LogP contribution is -2.14. The lowest BCUT2D eigenvalue weighted by molar-refractivity contribution is -0.143. The highest BCUT2D eigenvalue weighted by Gasteiger charge is 2.16. The zero-order valence-corrected chi connectivity index (χ0v) is 18.0. The number of unbranched alkanes of at least 4 members (excludes halogenated alkanes) is 2. The van der Waals surface area contributed by atoms with Crippen molar-refractivity contribution in [2.75, 3.05) is 20.3 Å². The molecule has 2 aromatic carbocycles. The van der Waals surface area contributed by atoms with Gasteiger partial charge in [0.1, 0.15) is 18.1 Å². The summed E-state index contributed by atoms with van der Waals surface area (Å²) in [5.41, 5.74) is 2.53. The van der Waals surface area contributed by atoms with Gasteiger partial charge in [0.05, 0.1) is 31.4 Å². The van der Waals surface area contributed by atoms with Crippen LogP contribution in [-0.4, -0.2) is 41.8 Å². The van der Waals surface area contributed by atoms with Gasteiger partial charge < -0.3 is 18.8 Å². The van der Waals surface area contributed by atoms with Gasteiger partial charge in [-0.25, -0.2) is 4.98 Å². The SMILES string of the molecule is CCOC(=O)Cn1c(-c2ccccc2)nc2cc(OCCCCCC(=O)OC)ccc21. The number of hydrogen-bond acceptors (Lipinski definition) is 6. The van der Waals surface area contributed by atoms with Crippen molar-refractivity contribution in [1.82, 2.24) is 9.55 Å². The maximum Gasteiger partial charge on any atom is 0.326 e. The molecule has 164 valence electrons. The van der Waals surface area contributed by atoms with E-state index in [9.17, 15) is 9.59 Å². The molecule has 0 bridgehead atoms. The molecule has 3 aromatic rings. The monoisotopic (exact) mass is 424 g/mol. The quantitative estimate of drug-likeness (QED) is 0.336. The van der Waals surface area contributed by atoms with E-state index >= 15 is 0 Å². The molecule has 3 rings (SSSR count). The van der Waals surface area contributed by atoms with Crippen molar-refractivity contribution in [2.24, 2.45) is 0 Å². The molecular weight excluding hydrogens is 396 g/mol. The van der Waals surface area contributed by atoms with Crippen molar-refractivity contribution in [2.45, 2.75) is 39.2 Å². The minimum absolute atomic E-state index is 0.0922. The van der Waals surface area contributed by atoms with Crippen LogP contribution in [0.2, 0.25) is 0 Å². The first-order valence-electron chi connectivity index (χ1n) is 10.5. The van der Waals surface area contributed by atoms with Gasteiger partial charge in [0.25, 0.3) is 0 Å². The number of esters is 2. The maximum atomic E-state index is 12.2. The Morgan fingerprint density at radius 1 is 1.00 bits per heavy atom. The van der Waals surface area contributed by atoms with Gasteiger partial charge in [-0.3, -0.25) is 9.59 Å². The van der Waals surface area contributed by atoms with Crippen LogP contribution in [0.1, 0.15) is 32.6 Å². The lowest BCUT2D eigenvalue weighted by atomic mass is 10.2. The van der Waals surface area contributed by atoms with Gasteiger partial charge in [-0.1, -0.05) is 30.3 Å². The summed E-state index contributed by atoms with van der Waals surface area (Å²) in [5, 5.41) is 0. The fourth-order valence-electron chi connectivity index (χ4n) is 3.34. The molecule has 0 atom stereocenters. The minimum atomic E-state index is -0.300. The molecule has 0 unspecified atom stereocenters. The zero-order chi connectivity index (χ0) is 22.1. The largest absolute Gasteiger partial charge is 0.494 e. The van der Waals surface area contributed by atoms with Crippen molar-refractivity contribution in [1.29, 1.82) is 0 Å². The van der Waals surface area contributed by atoms with Crippen molar-refractivity contribution in [3.8, 4) is 17.1 Å². The van der Waals surface area contributed by atoms with Crippen LogP contribution in [0.5, 0.6) is 5.75 Å². The van der Waals surface area contributed by atoms with E-state index in [4.69, 9.17) is 14.5 Å². The van der Waals surface area contributed by atoms with Crippen LogP contribution in [-0.2, 0) is 25.6 Å². The molecule has 0 aliphatic carbocycles. The lowest BCUT2D eigenvalue weighted by Gasteiger charge is -2.09. The van der Waals surface area contributed by atoms with Crippen molar-refractivity contribution in [3.63, 3.8) is 0 Å². The number of rotatable bonds is 11. The molecular formula is C24H28N2O5. The number of nitrogens with zero attached hydrogens (tertiary/aromatic N) is 2. The van der Waals surface area contributed by atoms with Crippen LogP contribution in [0, 0.1) is 0 Å². The number of imidazole rings is 1. The molecule has 31 heavy (non-hydrogen) atoms. The number of carbonyl (C=O) groups excluding carboxylic acids is 2. The fourth-order valence-corrected chi connectivity index (χ4v) is 3.34. The topological polar surface area (TPSA) is 79.7 Å². The van der Waals surface area contributed by atoms with Crippen LogP contribution in [0.25, 0.3) is 22.4 Å². The van der Waals surface area contributed by atoms with E-state index in [0.29, 0.717) is 25.5 Å². The minimum Gasteiger partial charge on any atom is -0.494 e. The molecule has 0 radical (unpaired) electrons. The highest BCUT2D eigenvalue weighted by molar-refractivity contribution is 5.84. The first-order valence-corrected chi connectivity index (χ1v) is 10.5. The van der Waals surface area contributed by atoms with E-state index in [2.05, 4.69) is 4.74 Å². The molecule has 7 nitrogen and oxygen atoms in total. The Bertz CT molecular complexity index is 1010. The van der Waals surface area contributed by atoms with Crippen molar-refractivity contribution in [3.05, 3.63) is 48.5 Å². The third-order valence-corrected chi connectivity index (χ3v) is 4.87. The molecule has 0 spiro atoms. The number of aromatic nitrogens is 2. The highest BCUT2D eigenvalue weighted by atomic mass is 16.5. The van der Waals surface area contributed by atoms with E-state index in [0.717, 1.165) is 41.6 Å². The number of benzene rings is 2. The second-order valence-corrected chi connectivity index (χ2v) is 7.08. The first kappa shape index (κ1) is 22.3. The number of carbonyl (C=O) groups is 2. The van der Waals surface area contributed by atoms with Gasteiger partial charge in [-0.15, -0.1) is 0 Å². The summed E-state index contributed by atoms with van der Waals surface area (Å²) in [4.78, 5) is 28.1. The summed E-state index contributed by atoms with van der Waals surface area (Å²) < 4.78 is 17.5. The molecule has 7 heteroatoms. The molecule has 0 N–H and O–H groups in total. The Balaban J connectivity index is 1.73. The van der Waals surface area contributed by atoms with E-state index < -0.39 is 0 Å². The zero-order valence-electron chi connectivity index (χ0n) is 18.0. The standard InChI is InChI=1S/C24H28N2O5/c1-3-30-23(28)17-26-21-14-13-19(31-15-9-5-8-12-22(27)29-2)16-20(21)25-24(26)18-10-6-4-7-11-18/h4,6-7,10-11,13-14,16H,3,5,8-9,12,15,17H2,1-2H3. The predicted molar refractivity (Wildman–Crippen MR) is 118 cm³/mol.